The summed E-state index contributed by atoms with van der Waals surface area (Å²) in [6.07, 6.45) is -2.02. The Morgan fingerprint density at radius 3 is 2.67 bits per heavy atom. The molecule has 0 bridgehead atoms. The van der Waals surface area contributed by atoms with Gasteiger partial charge in [-0.15, -0.1) is 0 Å². The SMILES string of the molecule is CNCc1cc(Oc2ccc3c(ccn3C(=O)Nc3ccc(F)c(C(F)(F)F)c3)c2)ncn1. The van der Waals surface area contributed by atoms with Crippen molar-refractivity contribution in [3.63, 3.8) is 0 Å². The van der Waals surface area contributed by atoms with Gasteiger partial charge in [0, 0.05) is 29.9 Å². The molecule has 0 atom stereocenters. The lowest BCUT2D eigenvalue weighted by atomic mass is 10.2. The maximum Gasteiger partial charge on any atom is 0.419 e. The van der Waals surface area contributed by atoms with Gasteiger partial charge in [-0.1, -0.05) is 0 Å². The summed E-state index contributed by atoms with van der Waals surface area (Å²) < 4.78 is 59.2. The van der Waals surface area contributed by atoms with E-state index >= 15 is 0 Å². The standard InChI is InChI=1S/C22H17F4N5O2/c1-27-11-15-10-20(29-12-28-15)33-16-3-5-19-13(8-16)6-7-31(19)21(32)30-14-2-4-18(23)17(9-14)22(24,25)26/h2-10,12,27H,11H2,1H3,(H,30,32). The van der Waals surface area contributed by atoms with Crippen molar-refractivity contribution >= 4 is 22.6 Å². The molecule has 170 valence electrons. The second-order valence-corrected chi connectivity index (χ2v) is 7.01. The maximum atomic E-state index is 13.5. The first-order valence-electron chi connectivity index (χ1n) is 9.67. The molecule has 0 aliphatic carbocycles. The fraction of sp³-hybridized carbons (Fsp3) is 0.136. The summed E-state index contributed by atoms with van der Waals surface area (Å²) in [6, 6.07) is 9.86. The quantitative estimate of drug-likeness (QED) is 0.402. The number of ether oxygens (including phenoxy) is 1. The average Bonchev–Trinajstić information content (AvgIpc) is 3.18. The number of nitrogens with zero attached hydrogens (tertiary/aromatic N) is 3. The molecule has 0 fully saturated rings. The summed E-state index contributed by atoms with van der Waals surface area (Å²) in [7, 11) is 1.79. The number of hydrogen-bond acceptors (Lipinski definition) is 5. The van der Waals surface area contributed by atoms with Crippen molar-refractivity contribution in [2.75, 3.05) is 12.4 Å². The molecule has 2 aromatic heterocycles. The Bertz CT molecular complexity index is 1320. The predicted molar refractivity (Wildman–Crippen MR) is 113 cm³/mol. The van der Waals surface area contributed by atoms with Gasteiger partial charge in [-0.3, -0.25) is 4.57 Å². The molecule has 4 aromatic rings. The fourth-order valence-electron chi connectivity index (χ4n) is 3.20. The van der Waals surface area contributed by atoms with E-state index in [9.17, 15) is 22.4 Å². The van der Waals surface area contributed by atoms with E-state index in [0.717, 1.165) is 11.8 Å². The van der Waals surface area contributed by atoms with Gasteiger partial charge in [0.25, 0.3) is 0 Å². The van der Waals surface area contributed by atoms with Gasteiger partial charge in [0.15, 0.2) is 0 Å². The minimum absolute atomic E-state index is 0.184. The number of amides is 1. The molecule has 4 rings (SSSR count). The van der Waals surface area contributed by atoms with Crippen molar-refractivity contribution < 1.29 is 27.1 Å². The topological polar surface area (TPSA) is 81.1 Å². The number of anilines is 1. The van der Waals surface area contributed by atoms with Crippen LogP contribution in [0.4, 0.5) is 28.0 Å². The van der Waals surface area contributed by atoms with Crippen LogP contribution in [0, 0.1) is 5.82 Å². The summed E-state index contributed by atoms with van der Waals surface area (Å²) in [4.78, 5) is 20.8. The number of hydrogen-bond donors (Lipinski definition) is 2. The third kappa shape index (κ3) is 4.93. The number of rotatable bonds is 5. The molecule has 2 N–H and O–H groups in total. The van der Waals surface area contributed by atoms with Crippen LogP contribution in [-0.2, 0) is 12.7 Å². The second-order valence-electron chi connectivity index (χ2n) is 7.01. The minimum Gasteiger partial charge on any atom is -0.439 e. The zero-order valence-electron chi connectivity index (χ0n) is 17.2. The molecule has 0 aliphatic heterocycles. The predicted octanol–water partition coefficient (Wildman–Crippen LogP) is 5.18. The largest absolute Gasteiger partial charge is 0.439 e. The smallest absolute Gasteiger partial charge is 0.419 e. The highest BCUT2D eigenvalue weighted by atomic mass is 19.4. The monoisotopic (exact) mass is 459 g/mol. The Labute approximate surface area is 185 Å². The van der Waals surface area contributed by atoms with Gasteiger partial charge in [0.1, 0.15) is 17.9 Å². The Morgan fingerprint density at radius 1 is 1.09 bits per heavy atom. The Balaban J connectivity index is 1.54. The molecule has 2 heterocycles. The Kier molecular flexibility index (Phi) is 5.97. The number of alkyl halides is 3. The van der Waals surface area contributed by atoms with Gasteiger partial charge in [-0.05, 0) is 49.5 Å². The van der Waals surface area contributed by atoms with E-state index in [1.807, 2.05) is 0 Å². The van der Waals surface area contributed by atoms with E-state index in [0.29, 0.717) is 41.2 Å². The molecule has 0 unspecified atom stereocenters. The number of carbonyl (C=O) groups is 1. The lowest BCUT2D eigenvalue weighted by Gasteiger charge is -2.12. The van der Waals surface area contributed by atoms with Gasteiger partial charge in [0.05, 0.1) is 16.8 Å². The lowest BCUT2D eigenvalue weighted by Crippen LogP contribution is -2.19. The zero-order chi connectivity index (χ0) is 23.6. The number of aromatic nitrogens is 3. The number of benzene rings is 2. The summed E-state index contributed by atoms with van der Waals surface area (Å²) >= 11 is 0. The average molecular weight is 459 g/mol. The van der Waals surface area contributed by atoms with Crippen LogP contribution in [0.25, 0.3) is 10.9 Å². The number of fused-ring (bicyclic) bond motifs is 1. The Morgan fingerprint density at radius 2 is 1.91 bits per heavy atom. The highest BCUT2D eigenvalue weighted by Gasteiger charge is 2.34. The van der Waals surface area contributed by atoms with E-state index in [1.165, 1.54) is 17.1 Å². The zero-order valence-corrected chi connectivity index (χ0v) is 17.2. The second kappa shape index (κ2) is 8.87. The van der Waals surface area contributed by atoms with Crippen LogP contribution in [0.2, 0.25) is 0 Å². The number of carbonyl (C=O) groups excluding carboxylic acids is 1. The summed E-state index contributed by atoms with van der Waals surface area (Å²) in [5, 5.41) is 5.99. The van der Waals surface area contributed by atoms with E-state index in [1.54, 1.807) is 37.4 Å². The maximum absolute atomic E-state index is 13.5. The first kappa shape index (κ1) is 22.2. The van der Waals surface area contributed by atoms with Crippen molar-refractivity contribution in [1.29, 1.82) is 0 Å². The third-order valence-electron chi connectivity index (χ3n) is 4.68. The van der Waals surface area contributed by atoms with Crippen LogP contribution in [0.1, 0.15) is 11.3 Å². The molecule has 2 aromatic carbocycles. The van der Waals surface area contributed by atoms with Crippen molar-refractivity contribution in [2.24, 2.45) is 0 Å². The van der Waals surface area contributed by atoms with Crippen molar-refractivity contribution in [3.8, 4) is 11.6 Å². The van der Waals surface area contributed by atoms with E-state index in [4.69, 9.17) is 4.74 Å². The fourth-order valence-corrected chi connectivity index (χ4v) is 3.20. The molecule has 11 heteroatoms. The molecular weight excluding hydrogens is 442 g/mol. The van der Waals surface area contributed by atoms with Crippen LogP contribution >= 0.6 is 0 Å². The van der Waals surface area contributed by atoms with Crippen LogP contribution < -0.4 is 15.4 Å². The van der Waals surface area contributed by atoms with Gasteiger partial charge in [-0.25, -0.2) is 19.2 Å². The van der Waals surface area contributed by atoms with Crippen molar-refractivity contribution in [2.45, 2.75) is 12.7 Å². The van der Waals surface area contributed by atoms with Crippen LogP contribution in [0.15, 0.2) is 61.1 Å². The summed E-state index contributed by atoms with van der Waals surface area (Å²) in [6.45, 7) is 0.550. The molecule has 0 radical (unpaired) electrons. The van der Waals surface area contributed by atoms with Crippen LogP contribution in [-0.4, -0.2) is 27.6 Å². The van der Waals surface area contributed by atoms with Gasteiger partial charge >= 0.3 is 12.2 Å². The van der Waals surface area contributed by atoms with Crippen LogP contribution in [0.3, 0.4) is 0 Å². The summed E-state index contributed by atoms with van der Waals surface area (Å²) in [5.74, 6) is -0.590. The highest BCUT2D eigenvalue weighted by Crippen LogP contribution is 2.33. The molecule has 0 saturated heterocycles. The molecule has 0 spiro atoms. The first-order valence-corrected chi connectivity index (χ1v) is 9.67. The lowest BCUT2D eigenvalue weighted by molar-refractivity contribution is -0.139. The molecule has 7 nitrogen and oxygen atoms in total. The van der Waals surface area contributed by atoms with Gasteiger partial charge in [-0.2, -0.15) is 13.2 Å². The first-order chi connectivity index (χ1) is 15.7. The minimum atomic E-state index is -4.88. The third-order valence-corrected chi connectivity index (χ3v) is 4.68. The number of nitrogens with one attached hydrogen (secondary N) is 2. The molecule has 0 aliphatic rings. The molecule has 1 amide bonds. The highest BCUT2D eigenvalue weighted by molar-refractivity contribution is 5.98. The Hall–Kier alpha value is -3.99. The molecule has 33 heavy (non-hydrogen) atoms. The normalized spacial score (nSPS) is 11.5. The van der Waals surface area contributed by atoms with E-state index in [-0.39, 0.29) is 5.69 Å². The summed E-state index contributed by atoms with van der Waals surface area (Å²) in [5.41, 5.74) is -0.392. The van der Waals surface area contributed by atoms with E-state index in [2.05, 4.69) is 20.6 Å². The van der Waals surface area contributed by atoms with Gasteiger partial charge < -0.3 is 15.4 Å². The number of halogens is 4. The molecule has 0 saturated carbocycles. The van der Waals surface area contributed by atoms with Crippen LogP contribution in [0.5, 0.6) is 11.6 Å². The molecular formula is C22H17F4N5O2. The van der Waals surface area contributed by atoms with Crippen molar-refractivity contribution in [1.82, 2.24) is 19.9 Å². The van der Waals surface area contributed by atoms with Crippen molar-refractivity contribution in [3.05, 3.63) is 78.1 Å². The van der Waals surface area contributed by atoms with Gasteiger partial charge in [0.2, 0.25) is 5.88 Å². The van der Waals surface area contributed by atoms with E-state index < -0.39 is 23.6 Å².